The normalized spacial score (nSPS) is 24.3. The molecule has 2 aliphatic rings. The molecule has 1 unspecified atom stereocenters. The van der Waals surface area contributed by atoms with Gasteiger partial charge in [0.2, 0.25) is 15.9 Å². The molecule has 128 valence electrons. The van der Waals surface area contributed by atoms with E-state index >= 15 is 0 Å². The van der Waals surface area contributed by atoms with Crippen LogP contribution in [0.5, 0.6) is 5.88 Å². The average Bonchev–Trinajstić information content (AvgIpc) is 2.45. The number of aryl methyl sites for hydroxylation is 1. The Morgan fingerprint density at radius 1 is 1.43 bits per heavy atom. The number of nitrogens with zero attached hydrogens (tertiary/aromatic N) is 3. The van der Waals surface area contributed by atoms with E-state index in [0.29, 0.717) is 38.4 Å². The van der Waals surface area contributed by atoms with Gasteiger partial charge in [0, 0.05) is 32.1 Å². The Bertz CT molecular complexity index is 658. The number of hydrogen-bond acceptors (Lipinski definition) is 6. The summed E-state index contributed by atoms with van der Waals surface area (Å²) in [4.78, 5) is 8.38. The van der Waals surface area contributed by atoms with Gasteiger partial charge in [-0.15, -0.1) is 0 Å². The molecule has 0 bridgehead atoms. The summed E-state index contributed by atoms with van der Waals surface area (Å²) in [7, 11) is -3.14. The molecule has 1 spiro atoms. The highest BCUT2D eigenvalue weighted by atomic mass is 32.2. The van der Waals surface area contributed by atoms with Crippen molar-refractivity contribution < 1.29 is 17.9 Å². The lowest BCUT2D eigenvalue weighted by Gasteiger charge is -2.51. The smallest absolute Gasteiger partial charge is 0.232 e. The molecule has 0 radical (unpaired) electrons. The molecule has 2 saturated heterocycles. The Labute approximate surface area is 137 Å². The first-order valence-electron chi connectivity index (χ1n) is 7.99. The molecule has 3 heterocycles. The highest BCUT2D eigenvalue weighted by Gasteiger charge is 2.51. The monoisotopic (exact) mass is 341 g/mol. The third-order valence-electron chi connectivity index (χ3n) is 4.25. The van der Waals surface area contributed by atoms with Crippen molar-refractivity contribution in [3.8, 4) is 5.88 Å². The van der Waals surface area contributed by atoms with E-state index < -0.39 is 15.6 Å². The van der Waals surface area contributed by atoms with Gasteiger partial charge in [-0.05, 0) is 13.3 Å². The minimum atomic E-state index is -3.14. The van der Waals surface area contributed by atoms with Crippen LogP contribution in [0.15, 0.2) is 12.4 Å². The maximum atomic E-state index is 12.1. The fraction of sp³-hybridized carbons (Fsp3) is 0.733. The van der Waals surface area contributed by atoms with Gasteiger partial charge in [0.05, 0.1) is 29.9 Å². The van der Waals surface area contributed by atoms with Crippen LogP contribution in [0.4, 0.5) is 0 Å². The van der Waals surface area contributed by atoms with Crippen molar-refractivity contribution in [2.45, 2.75) is 44.8 Å². The molecule has 0 aromatic carbocycles. The molecular formula is C15H23N3O4S. The molecule has 1 aromatic heterocycles. The van der Waals surface area contributed by atoms with E-state index in [9.17, 15) is 8.42 Å². The Balaban J connectivity index is 1.60. The molecule has 2 aliphatic heterocycles. The third-order valence-corrected chi connectivity index (χ3v) is 6.22. The molecule has 0 N–H and O–H groups in total. The van der Waals surface area contributed by atoms with Gasteiger partial charge in [0.25, 0.3) is 0 Å². The van der Waals surface area contributed by atoms with E-state index in [1.807, 2.05) is 13.8 Å². The van der Waals surface area contributed by atoms with Crippen LogP contribution < -0.4 is 4.74 Å². The lowest BCUT2D eigenvalue weighted by Crippen LogP contribution is -2.67. The SMILES string of the molecule is CCCS(=O)(=O)N1CC2(CC(Oc3cncc(C)n3)CCO2)C1. The second kappa shape index (κ2) is 6.33. The molecule has 1 aromatic rings. The van der Waals surface area contributed by atoms with Crippen LogP contribution in [-0.2, 0) is 14.8 Å². The van der Waals surface area contributed by atoms with Crippen LogP contribution in [-0.4, -0.2) is 59.8 Å². The predicted octanol–water partition coefficient (Wildman–Crippen LogP) is 1.14. The van der Waals surface area contributed by atoms with Gasteiger partial charge in [-0.3, -0.25) is 4.98 Å². The van der Waals surface area contributed by atoms with Crippen molar-refractivity contribution in [3.05, 3.63) is 18.1 Å². The molecule has 7 nitrogen and oxygen atoms in total. The predicted molar refractivity (Wildman–Crippen MR) is 84.8 cm³/mol. The van der Waals surface area contributed by atoms with Crippen molar-refractivity contribution in [1.82, 2.24) is 14.3 Å². The fourth-order valence-electron chi connectivity index (χ4n) is 3.15. The molecule has 1 atom stereocenters. The first-order valence-corrected chi connectivity index (χ1v) is 9.60. The number of rotatable bonds is 5. The summed E-state index contributed by atoms with van der Waals surface area (Å²) in [6.07, 6.45) is 5.36. The van der Waals surface area contributed by atoms with Crippen LogP contribution in [0.1, 0.15) is 31.9 Å². The molecular weight excluding hydrogens is 318 g/mol. The first kappa shape index (κ1) is 16.6. The van der Waals surface area contributed by atoms with Crippen molar-refractivity contribution in [3.63, 3.8) is 0 Å². The summed E-state index contributed by atoms with van der Waals surface area (Å²) in [5.41, 5.74) is 0.408. The maximum Gasteiger partial charge on any atom is 0.232 e. The van der Waals surface area contributed by atoms with Crippen LogP contribution in [0.2, 0.25) is 0 Å². The molecule has 0 saturated carbocycles. The molecule has 3 rings (SSSR count). The zero-order valence-electron chi connectivity index (χ0n) is 13.6. The Kier molecular flexibility index (Phi) is 4.57. The van der Waals surface area contributed by atoms with Gasteiger partial charge in [-0.25, -0.2) is 13.4 Å². The summed E-state index contributed by atoms with van der Waals surface area (Å²) >= 11 is 0. The highest BCUT2D eigenvalue weighted by molar-refractivity contribution is 7.89. The van der Waals surface area contributed by atoms with Crippen LogP contribution in [0.25, 0.3) is 0 Å². The fourth-order valence-corrected chi connectivity index (χ4v) is 4.79. The van der Waals surface area contributed by atoms with Crippen LogP contribution in [0.3, 0.4) is 0 Å². The van der Waals surface area contributed by atoms with E-state index in [-0.39, 0.29) is 11.9 Å². The summed E-state index contributed by atoms with van der Waals surface area (Å²) in [6, 6.07) is 0. The number of aromatic nitrogens is 2. The largest absolute Gasteiger partial charge is 0.473 e. The number of ether oxygens (including phenoxy) is 2. The van der Waals surface area contributed by atoms with Gasteiger partial charge in [-0.2, -0.15) is 4.31 Å². The van der Waals surface area contributed by atoms with Gasteiger partial charge in [0.15, 0.2) is 0 Å². The summed E-state index contributed by atoms with van der Waals surface area (Å²) in [5.74, 6) is 0.712. The third kappa shape index (κ3) is 3.64. The van der Waals surface area contributed by atoms with E-state index in [4.69, 9.17) is 9.47 Å². The zero-order valence-corrected chi connectivity index (χ0v) is 14.4. The Morgan fingerprint density at radius 2 is 2.22 bits per heavy atom. The average molecular weight is 341 g/mol. The summed E-state index contributed by atoms with van der Waals surface area (Å²) in [6.45, 7) is 5.17. The Morgan fingerprint density at radius 3 is 2.91 bits per heavy atom. The second-order valence-corrected chi connectivity index (χ2v) is 8.44. The van der Waals surface area contributed by atoms with Crippen LogP contribution in [0, 0.1) is 6.92 Å². The standard InChI is InChI=1S/C15H23N3O4S/c1-3-6-23(19,20)18-10-15(11-18)7-13(4-5-21-15)22-14-9-16-8-12(2)17-14/h8-9,13H,3-7,10-11H2,1-2H3. The van der Waals surface area contributed by atoms with Gasteiger partial charge >= 0.3 is 0 Å². The van der Waals surface area contributed by atoms with E-state index in [0.717, 1.165) is 12.1 Å². The lowest BCUT2D eigenvalue weighted by atomic mass is 9.86. The minimum absolute atomic E-state index is 0.0177. The van der Waals surface area contributed by atoms with Gasteiger partial charge in [-0.1, -0.05) is 6.92 Å². The molecule has 0 aliphatic carbocycles. The highest BCUT2D eigenvalue weighted by Crippen LogP contribution is 2.37. The van der Waals surface area contributed by atoms with E-state index in [1.165, 1.54) is 4.31 Å². The van der Waals surface area contributed by atoms with Gasteiger partial charge < -0.3 is 9.47 Å². The van der Waals surface area contributed by atoms with Gasteiger partial charge in [0.1, 0.15) is 6.10 Å². The number of sulfonamides is 1. The van der Waals surface area contributed by atoms with E-state index in [1.54, 1.807) is 12.4 Å². The summed E-state index contributed by atoms with van der Waals surface area (Å²) in [5, 5.41) is 0. The Hall–Kier alpha value is -1.25. The summed E-state index contributed by atoms with van der Waals surface area (Å²) < 4.78 is 37.4. The minimum Gasteiger partial charge on any atom is -0.473 e. The molecule has 0 amide bonds. The second-order valence-electron chi connectivity index (χ2n) is 6.35. The molecule has 8 heteroatoms. The first-order chi connectivity index (χ1) is 10.9. The quantitative estimate of drug-likeness (QED) is 0.799. The van der Waals surface area contributed by atoms with Crippen molar-refractivity contribution in [1.29, 1.82) is 0 Å². The molecule has 23 heavy (non-hydrogen) atoms. The molecule has 2 fully saturated rings. The van der Waals surface area contributed by atoms with E-state index in [2.05, 4.69) is 9.97 Å². The van der Waals surface area contributed by atoms with Crippen molar-refractivity contribution in [2.75, 3.05) is 25.4 Å². The topological polar surface area (TPSA) is 81.6 Å². The zero-order chi connectivity index (χ0) is 16.5. The van der Waals surface area contributed by atoms with Crippen molar-refractivity contribution in [2.24, 2.45) is 0 Å². The van der Waals surface area contributed by atoms with Crippen molar-refractivity contribution >= 4 is 10.0 Å². The number of hydrogen-bond donors (Lipinski definition) is 0. The van der Waals surface area contributed by atoms with Crippen LogP contribution >= 0.6 is 0 Å². The lowest BCUT2D eigenvalue weighted by molar-refractivity contribution is -0.165. The maximum absolute atomic E-state index is 12.1.